The first kappa shape index (κ1) is 15.8. The number of amides is 2. The lowest BCUT2D eigenvalue weighted by molar-refractivity contribution is -0.139. The van der Waals surface area contributed by atoms with Gasteiger partial charge in [0.2, 0.25) is 0 Å². The summed E-state index contributed by atoms with van der Waals surface area (Å²) in [7, 11) is 0. The maximum Gasteiger partial charge on any atom is 0.326 e. The summed E-state index contributed by atoms with van der Waals surface area (Å²) in [6.07, 6.45) is 1.99. The van der Waals surface area contributed by atoms with Gasteiger partial charge in [0.15, 0.2) is 0 Å². The molecule has 2 amide bonds. The smallest absolute Gasteiger partial charge is 0.326 e. The number of hydrogen-bond acceptors (Lipinski definition) is 3. The van der Waals surface area contributed by atoms with E-state index in [1.165, 1.54) is 0 Å². The molecule has 0 aromatic rings. The predicted molar refractivity (Wildman–Crippen MR) is 70.8 cm³/mol. The fraction of sp³-hybridized carbons (Fsp3) is 0.846. The molecule has 1 heterocycles. The van der Waals surface area contributed by atoms with Gasteiger partial charge in [-0.1, -0.05) is 13.8 Å². The number of likely N-dealkylation sites (tertiary alicyclic amines) is 1. The Labute approximate surface area is 113 Å². The number of carbonyl (C=O) groups excluding carboxylic acids is 1. The van der Waals surface area contributed by atoms with Crippen LogP contribution >= 0.6 is 0 Å². The monoisotopic (exact) mass is 272 g/mol. The minimum Gasteiger partial charge on any atom is -0.480 e. The number of aliphatic hydroxyl groups excluding tert-OH is 1. The highest BCUT2D eigenvalue weighted by atomic mass is 16.4. The van der Waals surface area contributed by atoms with Gasteiger partial charge in [0, 0.05) is 19.7 Å². The average molecular weight is 272 g/mol. The van der Waals surface area contributed by atoms with Crippen LogP contribution in [0.25, 0.3) is 0 Å². The maximum absolute atomic E-state index is 12.0. The topological polar surface area (TPSA) is 89.9 Å². The second-order valence-electron chi connectivity index (χ2n) is 5.58. The normalized spacial score (nSPS) is 20.6. The number of carboxylic acids is 1. The van der Waals surface area contributed by atoms with Crippen LogP contribution in [0.15, 0.2) is 0 Å². The van der Waals surface area contributed by atoms with Crippen LogP contribution in [0.3, 0.4) is 0 Å². The molecule has 1 rings (SSSR count). The average Bonchev–Trinajstić information content (AvgIpc) is 2.76. The Hall–Kier alpha value is -1.30. The molecule has 0 aromatic heterocycles. The Bertz CT molecular complexity index is 320. The zero-order valence-electron chi connectivity index (χ0n) is 11.6. The summed E-state index contributed by atoms with van der Waals surface area (Å²) >= 11 is 0. The molecule has 1 aliphatic heterocycles. The highest BCUT2D eigenvalue weighted by molar-refractivity contribution is 5.82. The molecule has 2 unspecified atom stereocenters. The van der Waals surface area contributed by atoms with Crippen molar-refractivity contribution in [2.24, 2.45) is 11.8 Å². The van der Waals surface area contributed by atoms with Crippen LogP contribution in [-0.2, 0) is 4.79 Å². The van der Waals surface area contributed by atoms with E-state index in [9.17, 15) is 9.59 Å². The predicted octanol–water partition coefficient (Wildman–Crippen LogP) is 0.900. The number of urea groups is 1. The van der Waals surface area contributed by atoms with Crippen molar-refractivity contribution in [3.05, 3.63) is 0 Å². The highest BCUT2D eigenvalue weighted by Gasteiger charge is 2.29. The van der Waals surface area contributed by atoms with E-state index in [1.807, 2.05) is 13.8 Å². The summed E-state index contributed by atoms with van der Waals surface area (Å²) in [5.74, 6) is -0.459. The summed E-state index contributed by atoms with van der Waals surface area (Å²) in [5, 5.41) is 20.5. The molecule has 1 fully saturated rings. The van der Waals surface area contributed by atoms with Crippen LogP contribution in [0.5, 0.6) is 0 Å². The van der Waals surface area contributed by atoms with E-state index in [1.54, 1.807) is 4.90 Å². The van der Waals surface area contributed by atoms with Crippen LogP contribution < -0.4 is 5.32 Å². The van der Waals surface area contributed by atoms with Crippen LogP contribution in [0, 0.1) is 11.8 Å². The summed E-state index contributed by atoms with van der Waals surface area (Å²) in [5.41, 5.74) is 0. The van der Waals surface area contributed by atoms with Crippen LogP contribution in [0.1, 0.15) is 33.1 Å². The molecule has 0 saturated carbocycles. The third-order valence-corrected chi connectivity index (χ3v) is 3.41. The SMILES string of the molecule is CC(C)CC(NC(=O)N1CCC(CCO)C1)C(=O)O. The molecular formula is C13H24N2O4. The number of hydrogen-bond donors (Lipinski definition) is 3. The highest BCUT2D eigenvalue weighted by Crippen LogP contribution is 2.19. The molecule has 1 saturated heterocycles. The van der Waals surface area contributed by atoms with Gasteiger partial charge < -0.3 is 20.4 Å². The first-order valence-electron chi connectivity index (χ1n) is 6.83. The van der Waals surface area contributed by atoms with Gasteiger partial charge in [0.05, 0.1) is 0 Å². The Balaban J connectivity index is 2.47. The summed E-state index contributed by atoms with van der Waals surface area (Å²) in [6, 6.07) is -1.14. The van der Waals surface area contributed by atoms with E-state index in [4.69, 9.17) is 10.2 Å². The zero-order chi connectivity index (χ0) is 14.4. The minimum absolute atomic E-state index is 0.130. The zero-order valence-corrected chi connectivity index (χ0v) is 11.6. The number of carboxylic acid groups (broad SMARTS) is 1. The van der Waals surface area contributed by atoms with Crippen molar-refractivity contribution in [2.75, 3.05) is 19.7 Å². The Morgan fingerprint density at radius 3 is 2.63 bits per heavy atom. The Kier molecular flexibility index (Phi) is 6.08. The van der Waals surface area contributed by atoms with Crippen molar-refractivity contribution in [1.29, 1.82) is 0 Å². The van der Waals surface area contributed by atoms with Gasteiger partial charge in [0.25, 0.3) is 0 Å². The Morgan fingerprint density at radius 1 is 1.42 bits per heavy atom. The molecule has 0 aromatic carbocycles. The molecule has 3 N–H and O–H groups in total. The fourth-order valence-corrected chi connectivity index (χ4v) is 2.37. The van der Waals surface area contributed by atoms with E-state index in [0.29, 0.717) is 31.8 Å². The van der Waals surface area contributed by atoms with E-state index < -0.39 is 12.0 Å². The van der Waals surface area contributed by atoms with E-state index in [-0.39, 0.29) is 18.6 Å². The van der Waals surface area contributed by atoms with Crippen molar-refractivity contribution in [3.8, 4) is 0 Å². The van der Waals surface area contributed by atoms with Gasteiger partial charge in [-0.15, -0.1) is 0 Å². The Morgan fingerprint density at radius 2 is 2.11 bits per heavy atom. The molecule has 1 aliphatic rings. The molecule has 0 spiro atoms. The van der Waals surface area contributed by atoms with E-state index >= 15 is 0 Å². The molecule has 0 aliphatic carbocycles. The fourth-order valence-electron chi connectivity index (χ4n) is 2.37. The van der Waals surface area contributed by atoms with Crippen molar-refractivity contribution in [1.82, 2.24) is 10.2 Å². The van der Waals surface area contributed by atoms with Gasteiger partial charge in [-0.3, -0.25) is 0 Å². The third kappa shape index (κ3) is 5.06. The first-order valence-corrected chi connectivity index (χ1v) is 6.83. The third-order valence-electron chi connectivity index (χ3n) is 3.41. The van der Waals surface area contributed by atoms with Gasteiger partial charge in [-0.25, -0.2) is 9.59 Å². The summed E-state index contributed by atoms with van der Waals surface area (Å²) in [4.78, 5) is 24.7. The van der Waals surface area contributed by atoms with Gasteiger partial charge >= 0.3 is 12.0 Å². The van der Waals surface area contributed by atoms with E-state index in [2.05, 4.69) is 5.32 Å². The molecule has 6 nitrogen and oxygen atoms in total. The number of carbonyl (C=O) groups is 2. The lowest BCUT2D eigenvalue weighted by Crippen LogP contribution is -2.47. The van der Waals surface area contributed by atoms with Crippen LogP contribution in [0.4, 0.5) is 4.79 Å². The van der Waals surface area contributed by atoms with E-state index in [0.717, 1.165) is 6.42 Å². The second-order valence-corrected chi connectivity index (χ2v) is 5.58. The second kappa shape index (κ2) is 7.33. The number of nitrogens with zero attached hydrogens (tertiary/aromatic N) is 1. The number of rotatable bonds is 6. The van der Waals surface area contributed by atoms with Crippen LogP contribution in [-0.4, -0.2) is 52.9 Å². The minimum atomic E-state index is -0.992. The van der Waals surface area contributed by atoms with Crippen molar-refractivity contribution >= 4 is 12.0 Å². The van der Waals surface area contributed by atoms with Crippen molar-refractivity contribution < 1.29 is 19.8 Å². The molecule has 19 heavy (non-hydrogen) atoms. The van der Waals surface area contributed by atoms with Crippen molar-refractivity contribution in [3.63, 3.8) is 0 Å². The van der Waals surface area contributed by atoms with Crippen LogP contribution in [0.2, 0.25) is 0 Å². The largest absolute Gasteiger partial charge is 0.480 e. The molecule has 0 radical (unpaired) electrons. The molecular weight excluding hydrogens is 248 g/mol. The standard InChI is InChI=1S/C13H24N2O4/c1-9(2)7-11(12(17)18)14-13(19)15-5-3-10(8-15)4-6-16/h9-11,16H,3-8H2,1-2H3,(H,14,19)(H,17,18). The lowest BCUT2D eigenvalue weighted by atomic mass is 10.0. The summed E-state index contributed by atoms with van der Waals surface area (Å²) < 4.78 is 0. The van der Waals surface area contributed by atoms with Crippen molar-refractivity contribution in [2.45, 2.75) is 39.2 Å². The van der Waals surface area contributed by atoms with Gasteiger partial charge in [0.1, 0.15) is 6.04 Å². The maximum atomic E-state index is 12.0. The number of aliphatic hydroxyl groups is 1. The number of nitrogens with one attached hydrogen (secondary N) is 1. The number of aliphatic carboxylic acids is 1. The molecule has 0 bridgehead atoms. The van der Waals surface area contributed by atoms with Gasteiger partial charge in [-0.2, -0.15) is 0 Å². The van der Waals surface area contributed by atoms with Gasteiger partial charge in [-0.05, 0) is 31.1 Å². The molecule has 6 heteroatoms. The molecule has 2 atom stereocenters. The first-order chi connectivity index (χ1) is 8.93. The quantitative estimate of drug-likeness (QED) is 0.670. The molecule has 110 valence electrons. The lowest BCUT2D eigenvalue weighted by Gasteiger charge is -2.22. The summed E-state index contributed by atoms with van der Waals surface area (Å²) in [6.45, 7) is 5.21.